The van der Waals surface area contributed by atoms with E-state index in [1.807, 2.05) is 23.1 Å². The predicted molar refractivity (Wildman–Crippen MR) is 79.5 cm³/mol. The molecule has 1 aromatic heterocycles. The summed E-state index contributed by atoms with van der Waals surface area (Å²) in [6, 6.07) is 6.08. The van der Waals surface area contributed by atoms with Gasteiger partial charge in [0.2, 0.25) is 0 Å². The molecule has 1 saturated heterocycles. The van der Waals surface area contributed by atoms with Gasteiger partial charge >= 0.3 is 0 Å². The first-order valence-corrected chi connectivity index (χ1v) is 7.18. The molecule has 1 aliphatic heterocycles. The minimum atomic E-state index is 0.0127. The molecule has 2 heterocycles. The molecule has 0 saturated carbocycles. The Morgan fingerprint density at radius 3 is 3.05 bits per heavy atom. The molecule has 3 N–H and O–H groups in total. The molecule has 1 amide bonds. The number of nitrogen functional groups attached to an aromatic ring is 1. The summed E-state index contributed by atoms with van der Waals surface area (Å²) in [4.78, 5) is 14.8. The number of H-pyrrole nitrogens is 1. The van der Waals surface area contributed by atoms with Gasteiger partial charge in [-0.2, -0.15) is 5.10 Å². The third kappa shape index (κ3) is 1.94. The second-order valence-electron chi connectivity index (χ2n) is 5.58. The maximum absolute atomic E-state index is 12.8. The summed E-state index contributed by atoms with van der Waals surface area (Å²) >= 11 is 0. The van der Waals surface area contributed by atoms with E-state index in [1.165, 1.54) is 0 Å². The number of rotatable bonds is 2. The summed E-state index contributed by atoms with van der Waals surface area (Å²) < 4.78 is 0. The molecule has 1 aromatic carbocycles. The quantitative estimate of drug-likeness (QED) is 0.825. The standard InChI is InChI=1S/C15H20N4O/c1-3-11-6-4-9(2)19(11)15(20)14-12-8-10(16)5-7-13(12)17-18-14/h5,7-9,11H,3-4,6,16H2,1-2H3,(H,17,18). The van der Waals surface area contributed by atoms with Gasteiger partial charge in [0, 0.05) is 23.2 Å². The molecule has 106 valence electrons. The van der Waals surface area contributed by atoms with Crippen molar-refractivity contribution in [2.45, 2.75) is 45.2 Å². The number of nitrogens with zero attached hydrogens (tertiary/aromatic N) is 2. The van der Waals surface area contributed by atoms with E-state index in [2.05, 4.69) is 24.0 Å². The van der Waals surface area contributed by atoms with Gasteiger partial charge in [-0.1, -0.05) is 6.92 Å². The van der Waals surface area contributed by atoms with Gasteiger partial charge < -0.3 is 10.6 Å². The van der Waals surface area contributed by atoms with E-state index in [9.17, 15) is 4.79 Å². The molecule has 0 radical (unpaired) electrons. The molecule has 3 rings (SSSR count). The van der Waals surface area contributed by atoms with Gasteiger partial charge in [-0.25, -0.2) is 0 Å². The number of hydrogen-bond donors (Lipinski definition) is 2. The highest BCUT2D eigenvalue weighted by atomic mass is 16.2. The number of hydrogen-bond acceptors (Lipinski definition) is 3. The fourth-order valence-corrected chi connectivity index (χ4v) is 3.16. The third-order valence-electron chi connectivity index (χ3n) is 4.28. The molecule has 2 aromatic rings. The van der Waals surface area contributed by atoms with E-state index in [1.54, 1.807) is 0 Å². The first kappa shape index (κ1) is 13.0. The Kier molecular flexibility index (Phi) is 3.12. The molecule has 1 fully saturated rings. The zero-order chi connectivity index (χ0) is 14.3. The van der Waals surface area contributed by atoms with Gasteiger partial charge in [-0.05, 0) is 44.4 Å². The molecule has 5 nitrogen and oxygen atoms in total. The van der Waals surface area contributed by atoms with E-state index in [-0.39, 0.29) is 11.9 Å². The van der Waals surface area contributed by atoms with Gasteiger partial charge in [0.15, 0.2) is 5.69 Å². The Labute approximate surface area is 118 Å². The van der Waals surface area contributed by atoms with Crippen LogP contribution in [-0.4, -0.2) is 33.1 Å². The van der Waals surface area contributed by atoms with Crippen molar-refractivity contribution in [3.63, 3.8) is 0 Å². The Morgan fingerprint density at radius 2 is 2.30 bits per heavy atom. The SMILES string of the molecule is CCC1CCC(C)N1C(=O)c1n[nH]c2ccc(N)cc12. The number of aromatic nitrogens is 2. The lowest BCUT2D eigenvalue weighted by Gasteiger charge is -2.27. The molecule has 0 aliphatic carbocycles. The number of carbonyl (C=O) groups excluding carboxylic acids is 1. The van der Waals surface area contributed by atoms with Crippen molar-refractivity contribution in [3.05, 3.63) is 23.9 Å². The zero-order valence-corrected chi connectivity index (χ0v) is 11.9. The van der Waals surface area contributed by atoms with Crippen LogP contribution in [0.5, 0.6) is 0 Å². The number of benzene rings is 1. The molecule has 20 heavy (non-hydrogen) atoms. The Balaban J connectivity index is 2.02. The van der Waals surface area contributed by atoms with Gasteiger partial charge in [0.1, 0.15) is 0 Å². The number of anilines is 1. The molecular weight excluding hydrogens is 252 g/mol. The highest BCUT2D eigenvalue weighted by Crippen LogP contribution is 2.29. The third-order valence-corrected chi connectivity index (χ3v) is 4.28. The second-order valence-corrected chi connectivity index (χ2v) is 5.58. The van der Waals surface area contributed by atoms with E-state index in [0.29, 0.717) is 17.4 Å². The molecule has 1 aliphatic rings. The number of nitrogens with two attached hydrogens (primary N) is 1. The fourth-order valence-electron chi connectivity index (χ4n) is 3.16. The highest BCUT2D eigenvalue weighted by molar-refractivity contribution is 6.05. The minimum absolute atomic E-state index is 0.0127. The number of amides is 1. The van der Waals surface area contributed by atoms with Gasteiger partial charge in [0.05, 0.1) is 5.52 Å². The number of likely N-dealkylation sites (tertiary alicyclic amines) is 1. The van der Waals surface area contributed by atoms with Gasteiger partial charge in [-0.15, -0.1) is 0 Å². The monoisotopic (exact) mass is 272 g/mol. The van der Waals surface area contributed by atoms with Crippen molar-refractivity contribution in [3.8, 4) is 0 Å². The van der Waals surface area contributed by atoms with Crippen molar-refractivity contribution < 1.29 is 4.79 Å². The van der Waals surface area contributed by atoms with Gasteiger partial charge in [-0.3, -0.25) is 9.89 Å². The van der Waals surface area contributed by atoms with Crippen LogP contribution < -0.4 is 5.73 Å². The molecule has 0 spiro atoms. The highest BCUT2D eigenvalue weighted by Gasteiger charge is 2.35. The van der Waals surface area contributed by atoms with Crippen molar-refractivity contribution in [1.82, 2.24) is 15.1 Å². The second kappa shape index (κ2) is 4.81. The van der Waals surface area contributed by atoms with E-state index in [4.69, 9.17) is 5.73 Å². The Bertz CT molecular complexity index is 648. The first-order chi connectivity index (χ1) is 9.61. The van der Waals surface area contributed by atoms with Gasteiger partial charge in [0.25, 0.3) is 5.91 Å². The van der Waals surface area contributed by atoms with Crippen LogP contribution in [0.1, 0.15) is 43.6 Å². The summed E-state index contributed by atoms with van der Waals surface area (Å²) in [5, 5.41) is 7.94. The van der Waals surface area contributed by atoms with Crippen molar-refractivity contribution in [1.29, 1.82) is 0 Å². The number of fused-ring (bicyclic) bond motifs is 1. The molecule has 5 heteroatoms. The summed E-state index contributed by atoms with van der Waals surface area (Å²) in [5.41, 5.74) is 7.80. The number of nitrogens with one attached hydrogen (secondary N) is 1. The van der Waals surface area contributed by atoms with Crippen molar-refractivity contribution in [2.75, 3.05) is 5.73 Å². The fraction of sp³-hybridized carbons (Fsp3) is 0.467. The lowest BCUT2D eigenvalue weighted by atomic mass is 10.1. The topological polar surface area (TPSA) is 75.0 Å². The van der Waals surface area contributed by atoms with E-state index >= 15 is 0 Å². The lowest BCUT2D eigenvalue weighted by molar-refractivity contribution is 0.0672. The smallest absolute Gasteiger partial charge is 0.275 e. The average molecular weight is 272 g/mol. The van der Waals surface area contributed by atoms with Crippen LogP contribution in [0.4, 0.5) is 5.69 Å². The summed E-state index contributed by atoms with van der Waals surface area (Å²) in [6.07, 6.45) is 3.13. The predicted octanol–water partition coefficient (Wildman–Crippen LogP) is 2.55. The number of aromatic amines is 1. The lowest BCUT2D eigenvalue weighted by Crippen LogP contribution is -2.39. The Hall–Kier alpha value is -2.04. The van der Waals surface area contributed by atoms with Crippen LogP contribution in [0, 0.1) is 0 Å². The first-order valence-electron chi connectivity index (χ1n) is 7.18. The summed E-state index contributed by atoms with van der Waals surface area (Å²) in [5.74, 6) is 0.0127. The van der Waals surface area contributed by atoms with Crippen molar-refractivity contribution in [2.24, 2.45) is 0 Å². The number of carbonyl (C=O) groups is 1. The van der Waals surface area contributed by atoms with Crippen molar-refractivity contribution >= 4 is 22.5 Å². The maximum Gasteiger partial charge on any atom is 0.275 e. The van der Waals surface area contributed by atoms with Crippen LogP contribution in [0.3, 0.4) is 0 Å². The average Bonchev–Trinajstić information content (AvgIpc) is 3.01. The normalized spacial score (nSPS) is 22.6. The Morgan fingerprint density at radius 1 is 1.50 bits per heavy atom. The van der Waals surface area contributed by atoms with Crippen LogP contribution >= 0.6 is 0 Å². The molecule has 2 atom stereocenters. The summed E-state index contributed by atoms with van der Waals surface area (Å²) in [7, 11) is 0. The zero-order valence-electron chi connectivity index (χ0n) is 11.9. The maximum atomic E-state index is 12.8. The molecular formula is C15H20N4O. The van der Waals surface area contributed by atoms with Crippen LogP contribution in [0.25, 0.3) is 10.9 Å². The largest absolute Gasteiger partial charge is 0.399 e. The summed E-state index contributed by atoms with van der Waals surface area (Å²) in [6.45, 7) is 4.24. The molecule has 2 unspecified atom stereocenters. The van der Waals surface area contributed by atoms with E-state index in [0.717, 1.165) is 30.2 Å². The molecule has 0 bridgehead atoms. The van der Waals surface area contributed by atoms with E-state index < -0.39 is 0 Å². The van der Waals surface area contributed by atoms with Crippen LogP contribution in [0.2, 0.25) is 0 Å². The van der Waals surface area contributed by atoms with Crippen LogP contribution in [-0.2, 0) is 0 Å². The van der Waals surface area contributed by atoms with Crippen LogP contribution in [0.15, 0.2) is 18.2 Å². The minimum Gasteiger partial charge on any atom is -0.399 e.